The van der Waals surface area contributed by atoms with Crippen LogP contribution in [-0.4, -0.2) is 67.1 Å². The van der Waals surface area contributed by atoms with E-state index in [0.717, 1.165) is 0 Å². The molecule has 8 heteroatoms. The molecule has 2 amide bonds. The molecule has 2 aromatic rings. The molecule has 0 spiro atoms. The minimum Gasteiger partial charge on any atom is -0.485 e. The topological polar surface area (TPSA) is 68.3 Å². The highest BCUT2D eigenvalue weighted by molar-refractivity contribution is 6.30. The van der Waals surface area contributed by atoms with Crippen LogP contribution in [-0.2, 0) is 9.59 Å². The molecule has 0 aromatic heterocycles. The number of hydrogen-bond donors (Lipinski definition) is 0. The van der Waals surface area contributed by atoms with Gasteiger partial charge < -0.3 is 24.0 Å². The maximum Gasteiger partial charge on any atom is 0.267 e. The fourth-order valence-electron chi connectivity index (χ4n) is 3.29. The van der Waals surface area contributed by atoms with Crippen molar-refractivity contribution in [3.05, 3.63) is 53.6 Å². The largest absolute Gasteiger partial charge is 0.485 e. The molecule has 0 bridgehead atoms. The number of carbonyl (C=O) groups excluding carboxylic acids is 2. The van der Waals surface area contributed by atoms with Crippen molar-refractivity contribution >= 4 is 23.4 Å². The molecule has 4 rings (SSSR count). The van der Waals surface area contributed by atoms with Crippen LogP contribution in [0.5, 0.6) is 17.2 Å². The van der Waals surface area contributed by atoms with Gasteiger partial charge in [-0.15, -0.1) is 0 Å². The minimum absolute atomic E-state index is 0.0497. The Kier molecular flexibility index (Phi) is 5.76. The van der Waals surface area contributed by atoms with Gasteiger partial charge in [-0.3, -0.25) is 9.59 Å². The summed E-state index contributed by atoms with van der Waals surface area (Å²) in [7, 11) is 0. The third-order valence-corrected chi connectivity index (χ3v) is 5.16. The number of carbonyl (C=O) groups is 2. The first-order valence-electron chi connectivity index (χ1n) is 9.43. The summed E-state index contributed by atoms with van der Waals surface area (Å²) in [6, 6.07) is 14.1. The number of para-hydroxylation sites is 2. The molecule has 2 aromatic carbocycles. The van der Waals surface area contributed by atoms with Crippen LogP contribution >= 0.6 is 11.6 Å². The zero-order valence-corrected chi connectivity index (χ0v) is 16.5. The average Bonchev–Trinajstić information content (AvgIpc) is 2.78. The molecule has 29 heavy (non-hydrogen) atoms. The second-order valence-corrected chi connectivity index (χ2v) is 7.25. The predicted molar refractivity (Wildman–Crippen MR) is 106 cm³/mol. The van der Waals surface area contributed by atoms with E-state index in [1.165, 1.54) is 0 Å². The maximum absolute atomic E-state index is 12.8. The summed E-state index contributed by atoms with van der Waals surface area (Å²) in [6.45, 7) is 1.95. The van der Waals surface area contributed by atoms with Crippen molar-refractivity contribution in [2.75, 3.05) is 39.4 Å². The SMILES string of the molecule is O=C(COc1ccc(Cl)cc1)N1CCN(C(=O)[C@H]2COc3ccccc3O2)CC1. The Morgan fingerprint density at radius 1 is 0.966 bits per heavy atom. The molecular formula is C21H21ClN2O5. The number of piperazine rings is 1. The molecule has 2 heterocycles. The number of benzene rings is 2. The second-order valence-electron chi connectivity index (χ2n) is 6.81. The second kappa shape index (κ2) is 8.61. The van der Waals surface area contributed by atoms with Crippen molar-refractivity contribution in [3.63, 3.8) is 0 Å². The molecule has 7 nitrogen and oxygen atoms in total. The first kappa shape index (κ1) is 19.4. The molecule has 1 saturated heterocycles. The van der Waals surface area contributed by atoms with Gasteiger partial charge in [0.05, 0.1) is 0 Å². The van der Waals surface area contributed by atoms with Gasteiger partial charge in [0.25, 0.3) is 11.8 Å². The van der Waals surface area contributed by atoms with Crippen molar-refractivity contribution in [2.45, 2.75) is 6.10 Å². The highest BCUT2D eigenvalue weighted by atomic mass is 35.5. The lowest BCUT2D eigenvalue weighted by molar-refractivity contribution is -0.146. The van der Waals surface area contributed by atoms with E-state index in [0.29, 0.717) is 48.5 Å². The van der Waals surface area contributed by atoms with Crippen molar-refractivity contribution < 1.29 is 23.8 Å². The Bertz CT molecular complexity index is 881. The summed E-state index contributed by atoms with van der Waals surface area (Å²) < 4.78 is 16.9. The molecule has 1 fully saturated rings. The molecule has 0 saturated carbocycles. The van der Waals surface area contributed by atoms with Gasteiger partial charge in [-0.2, -0.15) is 0 Å². The lowest BCUT2D eigenvalue weighted by atomic mass is 10.2. The molecule has 0 radical (unpaired) electrons. The third kappa shape index (κ3) is 4.56. The monoisotopic (exact) mass is 416 g/mol. The van der Waals surface area contributed by atoms with Gasteiger partial charge >= 0.3 is 0 Å². The van der Waals surface area contributed by atoms with Gasteiger partial charge in [0.1, 0.15) is 12.4 Å². The highest BCUT2D eigenvalue weighted by Gasteiger charge is 2.33. The number of amides is 2. The zero-order chi connectivity index (χ0) is 20.2. The number of hydrogen-bond acceptors (Lipinski definition) is 5. The van der Waals surface area contributed by atoms with E-state index in [1.807, 2.05) is 18.2 Å². The smallest absolute Gasteiger partial charge is 0.267 e. The summed E-state index contributed by atoms with van der Waals surface area (Å²) in [5.74, 6) is 1.58. The molecule has 2 aliphatic heterocycles. The normalized spacial score (nSPS) is 18.3. The fourth-order valence-corrected chi connectivity index (χ4v) is 3.41. The van der Waals surface area contributed by atoms with E-state index in [-0.39, 0.29) is 25.0 Å². The molecule has 2 aliphatic rings. The Morgan fingerprint density at radius 3 is 2.34 bits per heavy atom. The number of halogens is 1. The Hall–Kier alpha value is -2.93. The van der Waals surface area contributed by atoms with Crippen LogP contribution in [0.15, 0.2) is 48.5 Å². The van der Waals surface area contributed by atoms with E-state index < -0.39 is 6.10 Å². The number of fused-ring (bicyclic) bond motifs is 1. The molecular weight excluding hydrogens is 396 g/mol. The van der Waals surface area contributed by atoms with Gasteiger partial charge in [0, 0.05) is 31.2 Å². The molecule has 0 aliphatic carbocycles. The van der Waals surface area contributed by atoms with Crippen LogP contribution < -0.4 is 14.2 Å². The predicted octanol–water partition coefficient (Wildman–Crippen LogP) is 2.23. The van der Waals surface area contributed by atoms with E-state index in [4.69, 9.17) is 25.8 Å². The molecule has 152 valence electrons. The van der Waals surface area contributed by atoms with Crippen LogP contribution in [0.1, 0.15) is 0 Å². The highest BCUT2D eigenvalue weighted by Crippen LogP contribution is 2.31. The summed E-state index contributed by atoms with van der Waals surface area (Å²) in [4.78, 5) is 28.6. The molecule has 0 N–H and O–H groups in total. The van der Waals surface area contributed by atoms with Crippen LogP contribution in [0.3, 0.4) is 0 Å². The first-order valence-corrected chi connectivity index (χ1v) is 9.81. The number of rotatable bonds is 4. The van der Waals surface area contributed by atoms with Crippen LogP contribution in [0.2, 0.25) is 5.02 Å². The standard InChI is InChI=1S/C21H21ClN2O5/c22-15-5-7-16(8-6-15)27-14-20(25)23-9-11-24(12-10-23)21(26)19-13-28-17-3-1-2-4-18(17)29-19/h1-8,19H,9-14H2/t19-/m1/s1. The lowest BCUT2D eigenvalue weighted by Crippen LogP contribution is -2.55. The van der Waals surface area contributed by atoms with Gasteiger partial charge in [-0.25, -0.2) is 0 Å². The van der Waals surface area contributed by atoms with Crippen LogP contribution in [0, 0.1) is 0 Å². The Balaban J connectivity index is 1.25. The van der Waals surface area contributed by atoms with Gasteiger partial charge in [0.2, 0.25) is 6.10 Å². The number of ether oxygens (including phenoxy) is 3. The Labute approximate surface area is 173 Å². The summed E-state index contributed by atoms with van der Waals surface area (Å²) >= 11 is 5.84. The lowest BCUT2D eigenvalue weighted by Gasteiger charge is -2.37. The van der Waals surface area contributed by atoms with Crippen molar-refractivity contribution in [3.8, 4) is 17.2 Å². The maximum atomic E-state index is 12.8. The van der Waals surface area contributed by atoms with Crippen molar-refractivity contribution in [1.82, 2.24) is 9.80 Å². The summed E-state index contributed by atoms with van der Waals surface area (Å²) in [5.41, 5.74) is 0. The van der Waals surface area contributed by atoms with E-state index in [1.54, 1.807) is 40.1 Å². The van der Waals surface area contributed by atoms with Crippen LogP contribution in [0.4, 0.5) is 0 Å². The summed E-state index contributed by atoms with van der Waals surface area (Å²) in [6.07, 6.45) is -0.666. The van der Waals surface area contributed by atoms with E-state index >= 15 is 0 Å². The quantitative estimate of drug-likeness (QED) is 0.764. The molecule has 0 unspecified atom stereocenters. The fraction of sp³-hybridized carbons (Fsp3) is 0.333. The zero-order valence-electron chi connectivity index (χ0n) is 15.8. The van der Waals surface area contributed by atoms with E-state index in [9.17, 15) is 9.59 Å². The minimum atomic E-state index is -0.666. The van der Waals surface area contributed by atoms with Gasteiger partial charge in [-0.1, -0.05) is 23.7 Å². The van der Waals surface area contributed by atoms with Crippen LogP contribution in [0.25, 0.3) is 0 Å². The van der Waals surface area contributed by atoms with Gasteiger partial charge in [0.15, 0.2) is 18.1 Å². The molecule has 1 atom stereocenters. The third-order valence-electron chi connectivity index (χ3n) is 4.90. The van der Waals surface area contributed by atoms with E-state index in [2.05, 4.69) is 0 Å². The summed E-state index contributed by atoms with van der Waals surface area (Å²) in [5, 5.41) is 0.611. The first-order chi connectivity index (χ1) is 14.1. The van der Waals surface area contributed by atoms with Crippen molar-refractivity contribution in [1.29, 1.82) is 0 Å². The number of nitrogens with zero attached hydrogens (tertiary/aromatic N) is 2. The van der Waals surface area contributed by atoms with Gasteiger partial charge in [-0.05, 0) is 36.4 Å². The van der Waals surface area contributed by atoms with Crippen molar-refractivity contribution in [2.24, 2.45) is 0 Å². The Morgan fingerprint density at radius 2 is 1.62 bits per heavy atom. The average molecular weight is 417 g/mol.